The summed E-state index contributed by atoms with van der Waals surface area (Å²) >= 11 is 0. The second-order valence-electron chi connectivity index (χ2n) is 4.48. The van der Waals surface area contributed by atoms with Gasteiger partial charge in [0.1, 0.15) is 11.9 Å². The van der Waals surface area contributed by atoms with Crippen LogP contribution in [0.15, 0.2) is 36.4 Å². The molecule has 0 bridgehead atoms. The average Bonchev–Trinajstić information content (AvgIpc) is 2.53. The minimum Gasteiger partial charge on any atom is -0.465 e. The number of hydrogen-bond donors (Lipinski definition) is 0. The van der Waals surface area contributed by atoms with Crippen LogP contribution >= 0.6 is 0 Å². The molecular weight excluding hydrogens is 266 g/mol. The van der Waals surface area contributed by atoms with Crippen LogP contribution in [0.4, 0.5) is 11.5 Å². The number of ether oxygens (including phenoxy) is 1. The largest absolute Gasteiger partial charge is 0.465 e. The average molecular weight is 281 g/mol. The maximum Gasteiger partial charge on any atom is 0.339 e. The van der Waals surface area contributed by atoms with Crippen molar-refractivity contribution < 1.29 is 9.53 Å². The SMILES string of the molecule is COC(=O)c1ccc(N(C)c2ccccc2C#N)nc1C. The lowest BCUT2D eigenvalue weighted by Gasteiger charge is -2.20. The van der Waals surface area contributed by atoms with E-state index in [1.54, 1.807) is 25.1 Å². The van der Waals surface area contributed by atoms with Gasteiger partial charge in [-0.15, -0.1) is 0 Å². The van der Waals surface area contributed by atoms with E-state index in [4.69, 9.17) is 10.00 Å². The van der Waals surface area contributed by atoms with Gasteiger partial charge in [0, 0.05) is 7.05 Å². The number of carbonyl (C=O) groups excluding carboxylic acids is 1. The number of rotatable bonds is 3. The lowest BCUT2D eigenvalue weighted by Crippen LogP contribution is -2.14. The van der Waals surface area contributed by atoms with Gasteiger partial charge in [-0.1, -0.05) is 12.1 Å². The van der Waals surface area contributed by atoms with Gasteiger partial charge in [0.15, 0.2) is 0 Å². The highest BCUT2D eigenvalue weighted by molar-refractivity contribution is 5.90. The van der Waals surface area contributed by atoms with Crippen molar-refractivity contribution in [3.8, 4) is 6.07 Å². The Bertz CT molecular complexity index is 720. The normalized spacial score (nSPS) is 9.81. The van der Waals surface area contributed by atoms with E-state index in [-0.39, 0.29) is 0 Å². The number of carbonyl (C=O) groups is 1. The van der Waals surface area contributed by atoms with E-state index in [9.17, 15) is 4.79 Å². The van der Waals surface area contributed by atoms with Crippen LogP contribution in [-0.2, 0) is 4.74 Å². The van der Waals surface area contributed by atoms with E-state index in [0.717, 1.165) is 5.69 Å². The first-order valence-corrected chi connectivity index (χ1v) is 6.37. The molecular formula is C16H15N3O2. The highest BCUT2D eigenvalue weighted by Crippen LogP contribution is 2.26. The van der Waals surface area contributed by atoms with Crippen LogP contribution in [0.3, 0.4) is 0 Å². The van der Waals surface area contributed by atoms with Crippen molar-refractivity contribution in [3.63, 3.8) is 0 Å². The zero-order chi connectivity index (χ0) is 15.4. The highest BCUT2D eigenvalue weighted by atomic mass is 16.5. The lowest BCUT2D eigenvalue weighted by molar-refractivity contribution is 0.0599. The summed E-state index contributed by atoms with van der Waals surface area (Å²) in [6.07, 6.45) is 0. The quantitative estimate of drug-likeness (QED) is 0.809. The van der Waals surface area contributed by atoms with Crippen molar-refractivity contribution in [3.05, 3.63) is 53.2 Å². The third-order valence-corrected chi connectivity index (χ3v) is 3.21. The van der Waals surface area contributed by atoms with E-state index < -0.39 is 5.97 Å². The fourth-order valence-electron chi connectivity index (χ4n) is 2.04. The number of aromatic nitrogens is 1. The predicted molar refractivity (Wildman–Crippen MR) is 79.5 cm³/mol. The van der Waals surface area contributed by atoms with Gasteiger partial charge in [-0.25, -0.2) is 9.78 Å². The Hall–Kier alpha value is -2.87. The Morgan fingerprint density at radius 3 is 2.62 bits per heavy atom. The van der Waals surface area contributed by atoms with E-state index in [1.165, 1.54) is 7.11 Å². The van der Waals surface area contributed by atoms with Gasteiger partial charge in [0.05, 0.1) is 29.6 Å². The first-order chi connectivity index (χ1) is 10.1. The molecule has 0 unspecified atom stereocenters. The fraction of sp³-hybridized carbons (Fsp3) is 0.188. The standard InChI is InChI=1S/C16H15N3O2/c1-11-13(16(20)21-3)8-9-15(18-11)19(2)14-7-5-4-6-12(14)10-17/h4-9H,1-3H3. The summed E-state index contributed by atoms with van der Waals surface area (Å²) in [6.45, 7) is 1.75. The molecule has 1 heterocycles. The molecule has 106 valence electrons. The number of esters is 1. The number of nitrogens with zero attached hydrogens (tertiary/aromatic N) is 3. The molecule has 21 heavy (non-hydrogen) atoms. The Morgan fingerprint density at radius 2 is 2.00 bits per heavy atom. The van der Waals surface area contributed by atoms with Crippen LogP contribution in [0.5, 0.6) is 0 Å². The zero-order valence-electron chi connectivity index (χ0n) is 12.1. The molecule has 0 atom stereocenters. The van der Waals surface area contributed by atoms with Crippen LogP contribution in [0, 0.1) is 18.3 Å². The number of nitriles is 1. The van der Waals surface area contributed by atoms with Crippen molar-refractivity contribution >= 4 is 17.5 Å². The number of benzene rings is 1. The number of para-hydroxylation sites is 1. The van der Waals surface area contributed by atoms with Gasteiger partial charge in [-0.3, -0.25) is 0 Å². The van der Waals surface area contributed by atoms with Crippen molar-refractivity contribution in [1.82, 2.24) is 4.98 Å². The molecule has 0 aliphatic rings. The number of hydrogen-bond acceptors (Lipinski definition) is 5. The number of anilines is 2. The summed E-state index contributed by atoms with van der Waals surface area (Å²) in [5, 5.41) is 9.16. The topological polar surface area (TPSA) is 66.2 Å². The molecule has 1 aromatic heterocycles. The third-order valence-electron chi connectivity index (χ3n) is 3.21. The second kappa shape index (κ2) is 6.06. The fourth-order valence-corrected chi connectivity index (χ4v) is 2.04. The molecule has 0 radical (unpaired) electrons. The van der Waals surface area contributed by atoms with E-state index in [0.29, 0.717) is 22.6 Å². The van der Waals surface area contributed by atoms with Gasteiger partial charge in [-0.2, -0.15) is 5.26 Å². The first kappa shape index (κ1) is 14.5. The summed E-state index contributed by atoms with van der Waals surface area (Å²) in [5.41, 5.74) is 2.35. The molecule has 1 aromatic carbocycles. The van der Waals surface area contributed by atoms with Gasteiger partial charge in [-0.05, 0) is 31.2 Å². The summed E-state index contributed by atoms with van der Waals surface area (Å²) < 4.78 is 4.70. The summed E-state index contributed by atoms with van der Waals surface area (Å²) in [7, 11) is 3.17. The third kappa shape index (κ3) is 2.84. The minimum absolute atomic E-state index is 0.411. The predicted octanol–water partition coefficient (Wildman–Crippen LogP) is 2.82. The first-order valence-electron chi connectivity index (χ1n) is 6.37. The Kier molecular flexibility index (Phi) is 4.19. The molecule has 5 heteroatoms. The molecule has 2 rings (SSSR count). The molecule has 0 spiro atoms. The van der Waals surface area contributed by atoms with E-state index in [2.05, 4.69) is 11.1 Å². The number of pyridine rings is 1. The maximum absolute atomic E-state index is 11.6. The van der Waals surface area contributed by atoms with Crippen molar-refractivity contribution in [2.24, 2.45) is 0 Å². The molecule has 5 nitrogen and oxygen atoms in total. The molecule has 0 aliphatic carbocycles. The Labute approximate surface area is 123 Å². The van der Waals surface area contributed by atoms with E-state index >= 15 is 0 Å². The molecule has 0 fully saturated rings. The zero-order valence-corrected chi connectivity index (χ0v) is 12.1. The van der Waals surface area contributed by atoms with Crippen molar-refractivity contribution in [1.29, 1.82) is 5.26 Å². The second-order valence-corrected chi connectivity index (χ2v) is 4.48. The van der Waals surface area contributed by atoms with E-state index in [1.807, 2.05) is 30.1 Å². The molecule has 0 saturated heterocycles. The summed E-state index contributed by atoms with van der Waals surface area (Å²) in [5.74, 6) is 0.245. The summed E-state index contributed by atoms with van der Waals surface area (Å²) in [4.78, 5) is 17.8. The molecule has 0 aliphatic heterocycles. The van der Waals surface area contributed by atoms with Crippen molar-refractivity contribution in [2.45, 2.75) is 6.92 Å². The number of aryl methyl sites for hydroxylation is 1. The Morgan fingerprint density at radius 1 is 1.29 bits per heavy atom. The van der Waals surface area contributed by atoms with Crippen molar-refractivity contribution in [2.75, 3.05) is 19.1 Å². The van der Waals surface area contributed by atoms with Crippen LogP contribution in [0.25, 0.3) is 0 Å². The monoisotopic (exact) mass is 281 g/mol. The van der Waals surface area contributed by atoms with Gasteiger partial charge >= 0.3 is 5.97 Å². The van der Waals surface area contributed by atoms with Crippen LogP contribution in [0.2, 0.25) is 0 Å². The van der Waals surface area contributed by atoms with Crippen LogP contribution in [-0.4, -0.2) is 25.1 Å². The maximum atomic E-state index is 11.6. The molecule has 0 amide bonds. The highest BCUT2D eigenvalue weighted by Gasteiger charge is 2.14. The smallest absolute Gasteiger partial charge is 0.339 e. The Balaban J connectivity index is 2.41. The van der Waals surface area contributed by atoms with Gasteiger partial charge < -0.3 is 9.64 Å². The van der Waals surface area contributed by atoms with Gasteiger partial charge in [0.25, 0.3) is 0 Å². The van der Waals surface area contributed by atoms with Crippen LogP contribution in [0.1, 0.15) is 21.6 Å². The number of methoxy groups -OCH3 is 1. The summed E-state index contributed by atoms with van der Waals surface area (Å²) in [6, 6.07) is 12.8. The molecule has 0 N–H and O–H groups in total. The molecule has 0 saturated carbocycles. The minimum atomic E-state index is -0.411. The van der Waals surface area contributed by atoms with Gasteiger partial charge in [0.2, 0.25) is 0 Å². The lowest BCUT2D eigenvalue weighted by atomic mass is 10.1. The molecule has 2 aromatic rings. The van der Waals surface area contributed by atoms with Crippen LogP contribution < -0.4 is 4.90 Å².